The predicted molar refractivity (Wildman–Crippen MR) is 67.1 cm³/mol. The Hall–Kier alpha value is -1.89. The number of carbonyl (C=O) groups is 1. The van der Waals surface area contributed by atoms with Gasteiger partial charge in [-0.2, -0.15) is 9.47 Å². The molecule has 0 saturated carbocycles. The van der Waals surface area contributed by atoms with E-state index in [4.69, 9.17) is 4.74 Å². The van der Waals surface area contributed by atoms with Gasteiger partial charge in [-0.05, 0) is 24.5 Å². The zero-order valence-electron chi connectivity index (χ0n) is 9.84. The number of aryl methyl sites for hydroxylation is 2. The van der Waals surface area contributed by atoms with E-state index >= 15 is 0 Å². The van der Waals surface area contributed by atoms with E-state index in [1.807, 2.05) is 13.0 Å². The molecule has 1 amide bonds. The molecular weight excluding hydrogens is 252 g/mol. The van der Waals surface area contributed by atoms with Crippen LogP contribution >= 0.6 is 11.5 Å². The minimum atomic E-state index is -0.232. The molecule has 0 fully saturated rings. The second-order valence-electron chi connectivity index (χ2n) is 4.08. The quantitative estimate of drug-likeness (QED) is 0.896. The van der Waals surface area contributed by atoms with Crippen molar-refractivity contribution in [1.82, 2.24) is 14.2 Å². The molecule has 94 valence electrons. The van der Waals surface area contributed by atoms with Crippen LogP contribution < -0.4 is 10.1 Å². The van der Waals surface area contributed by atoms with Crippen molar-refractivity contribution >= 4 is 22.4 Å². The summed E-state index contributed by atoms with van der Waals surface area (Å²) in [4.78, 5) is 12.0. The molecule has 0 atom stereocenters. The number of hydrogen-bond acceptors (Lipinski definition) is 5. The summed E-state index contributed by atoms with van der Waals surface area (Å²) >= 11 is 1.26. The summed E-state index contributed by atoms with van der Waals surface area (Å²) in [6.45, 7) is 3.36. The molecule has 3 rings (SSSR count). The third kappa shape index (κ3) is 2.08. The summed E-state index contributed by atoms with van der Waals surface area (Å²) in [6.07, 6.45) is 0.920. The zero-order valence-corrected chi connectivity index (χ0v) is 10.7. The first-order valence-corrected chi connectivity index (χ1v) is 6.45. The average Bonchev–Trinajstić information content (AvgIpc) is 2.95. The Bertz CT molecular complexity index is 566. The van der Waals surface area contributed by atoms with Gasteiger partial charge in [-0.3, -0.25) is 4.79 Å². The van der Waals surface area contributed by atoms with E-state index in [9.17, 15) is 4.79 Å². The van der Waals surface area contributed by atoms with E-state index in [0.29, 0.717) is 18.2 Å². The number of ether oxygens (including phenoxy) is 1. The molecule has 2 aromatic heterocycles. The second-order valence-corrected chi connectivity index (χ2v) is 4.88. The van der Waals surface area contributed by atoms with Crippen molar-refractivity contribution in [2.45, 2.75) is 19.9 Å². The van der Waals surface area contributed by atoms with Gasteiger partial charge < -0.3 is 10.1 Å². The highest BCUT2D eigenvalue weighted by atomic mass is 32.1. The molecule has 3 heterocycles. The molecule has 6 nitrogen and oxygen atoms in total. The van der Waals surface area contributed by atoms with Gasteiger partial charge in [0.15, 0.2) is 5.69 Å². The van der Waals surface area contributed by atoms with E-state index in [2.05, 4.69) is 14.8 Å². The molecule has 0 bridgehead atoms. The standard InChI is InChI=1S/C11H12N4O2S/c1-7-5-9(18-14-7)12-11(16)8-6-10-15(13-8)3-2-4-17-10/h5-6H,2-4H2,1H3,(H,12,16). The van der Waals surface area contributed by atoms with Gasteiger partial charge >= 0.3 is 0 Å². The Kier molecular flexibility index (Phi) is 2.75. The van der Waals surface area contributed by atoms with Crippen molar-refractivity contribution in [2.75, 3.05) is 11.9 Å². The molecule has 1 N–H and O–H groups in total. The highest BCUT2D eigenvalue weighted by Gasteiger charge is 2.18. The zero-order chi connectivity index (χ0) is 12.5. The third-order valence-corrected chi connectivity index (χ3v) is 3.40. The van der Waals surface area contributed by atoms with Crippen LogP contribution in [0.4, 0.5) is 5.00 Å². The normalized spacial score (nSPS) is 13.8. The number of amides is 1. The Morgan fingerprint density at radius 1 is 1.56 bits per heavy atom. The van der Waals surface area contributed by atoms with Gasteiger partial charge in [0, 0.05) is 19.0 Å². The van der Waals surface area contributed by atoms with Crippen LogP contribution in [0.25, 0.3) is 0 Å². The van der Waals surface area contributed by atoms with E-state index in [-0.39, 0.29) is 5.91 Å². The molecule has 1 aliphatic heterocycles. The second kappa shape index (κ2) is 4.41. The van der Waals surface area contributed by atoms with E-state index in [0.717, 1.165) is 23.7 Å². The van der Waals surface area contributed by atoms with Gasteiger partial charge in [-0.15, -0.1) is 0 Å². The molecule has 0 radical (unpaired) electrons. The number of rotatable bonds is 2. The van der Waals surface area contributed by atoms with Gasteiger partial charge in [0.1, 0.15) is 5.00 Å². The lowest BCUT2D eigenvalue weighted by molar-refractivity contribution is 0.102. The molecule has 0 saturated heterocycles. The summed E-state index contributed by atoms with van der Waals surface area (Å²) in [5, 5.41) is 7.72. The molecule has 2 aromatic rings. The van der Waals surface area contributed by atoms with Crippen LogP contribution in [-0.4, -0.2) is 26.7 Å². The monoisotopic (exact) mass is 264 g/mol. The van der Waals surface area contributed by atoms with Gasteiger partial charge in [-0.25, -0.2) is 4.68 Å². The van der Waals surface area contributed by atoms with Crippen LogP contribution in [-0.2, 0) is 6.54 Å². The number of anilines is 1. The molecule has 0 aliphatic carbocycles. The molecule has 18 heavy (non-hydrogen) atoms. The summed E-state index contributed by atoms with van der Waals surface area (Å²) < 4.78 is 11.2. The van der Waals surface area contributed by atoms with Crippen molar-refractivity contribution in [2.24, 2.45) is 0 Å². The van der Waals surface area contributed by atoms with Crippen LogP contribution in [0.5, 0.6) is 5.88 Å². The molecule has 1 aliphatic rings. The lowest BCUT2D eigenvalue weighted by Crippen LogP contribution is -2.15. The molecular formula is C11H12N4O2S. The van der Waals surface area contributed by atoms with E-state index in [1.165, 1.54) is 11.5 Å². The Labute approximate surface area is 108 Å². The Morgan fingerprint density at radius 3 is 3.17 bits per heavy atom. The van der Waals surface area contributed by atoms with Crippen molar-refractivity contribution < 1.29 is 9.53 Å². The SMILES string of the molecule is Cc1cc(NC(=O)c2cc3n(n2)CCCO3)sn1. The van der Waals surface area contributed by atoms with Crippen LogP contribution in [0.3, 0.4) is 0 Å². The maximum absolute atomic E-state index is 12.0. The summed E-state index contributed by atoms with van der Waals surface area (Å²) in [7, 11) is 0. The molecule has 0 unspecified atom stereocenters. The number of carbonyl (C=O) groups excluding carboxylic acids is 1. The number of fused-ring (bicyclic) bond motifs is 1. The van der Waals surface area contributed by atoms with Crippen LogP contribution in [0, 0.1) is 6.92 Å². The van der Waals surface area contributed by atoms with Crippen molar-refractivity contribution in [3.05, 3.63) is 23.5 Å². The number of nitrogens with one attached hydrogen (secondary N) is 1. The summed E-state index contributed by atoms with van der Waals surface area (Å²) in [5.74, 6) is 0.427. The van der Waals surface area contributed by atoms with Gasteiger partial charge in [0.05, 0.1) is 12.3 Å². The third-order valence-electron chi connectivity index (χ3n) is 2.60. The number of hydrogen-bond donors (Lipinski definition) is 1. The lowest BCUT2D eigenvalue weighted by Gasteiger charge is -2.13. The van der Waals surface area contributed by atoms with Gasteiger partial charge in [0.2, 0.25) is 5.88 Å². The van der Waals surface area contributed by atoms with Crippen LogP contribution in [0.2, 0.25) is 0 Å². The lowest BCUT2D eigenvalue weighted by atomic mass is 10.4. The summed E-state index contributed by atoms with van der Waals surface area (Å²) in [5.41, 5.74) is 1.26. The number of nitrogens with zero attached hydrogens (tertiary/aromatic N) is 3. The first-order valence-electron chi connectivity index (χ1n) is 5.68. The van der Waals surface area contributed by atoms with Crippen molar-refractivity contribution in [1.29, 1.82) is 0 Å². The van der Waals surface area contributed by atoms with Gasteiger partial charge in [0.25, 0.3) is 5.91 Å². The maximum Gasteiger partial charge on any atom is 0.276 e. The fraction of sp³-hybridized carbons (Fsp3) is 0.364. The molecule has 7 heteroatoms. The largest absolute Gasteiger partial charge is 0.478 e. The minimum Gasteiger partial charge on any atom is -0.478 e. The minimum absolute atomic E-state index is 0.232. The average molecular weight is 264 g/mol. The Balaban J connectivity index is 1.78. The number of aromatic nitrogens is 3. The fourth-order valence-electron chi connectivity index (χ4n) is 1.78. The van der Waals surface area contributed by atoms with Crippen molar-refractivity contribution in [3.8, 4) is 5.88 Å². The Morgan fingerprint density at radius 2 is 2.44 bits per heavy atom. The van der Waals surface area contributed by atoms with Crippen LogP contribution in [0.15, 0.2) is 12.1 Å². The smallest absolute Gasteiger partial charge is 0.276 e. The first kappa shape index (κ1) is 11.2. The highest BCUT2D eigenvalue weighted by Crippen LogP contribution is 2.20. The first-order chi connectivity index (χ1) is 8.72. The maximum atomic E-state index is 12.0. The fourth-order valence-corrected chi connectivity index (χ4v) is 2.43. The topological polar surface area (TPSA) is 69.0 Å². The van der Waals surface area contributed by atoms with Gasteiger partial charge in [-0.1, -0.05) is 0 Å². The van der Waals surface area contributed by atoms with Crippen LogP contribution in [0.1, 0.15) is 22.6 Å². The van der Waals surface area contributed by atoms with E-state index < -0.39 is 0 Å². The summed E-state index contributed by atoms with van der Waals surface area (Å²) in [6, 6.07) is 3.50. The molecule has 0 aromatic carbocycles. The van der Waals surface area contributed by atoms with Crippen molar-refractivity contribution in [3.63, 3.8) is 0 Å². The molecule has 0 spiro atoms. The predicted octanol–water partition coefficient (Wildman–Crippen LogP) is 1.68. The van der Waals surface area contributed by atoms with E-state index in [1.54, 1.807) is 10.7 Å². The highest BCUT2D eigenvalue weighted by molar-refractivity contribution is 7.10.